The molecule has 1 rings (SSSR count). The molecule has 0 radical (unpaired) electrons. The van der Waals surface area contributed by atoms with Crippen molar-refractivity contribution in [3.8, 4) is 0 Å². The summed E-state index contributed by atoms with van der Waals surface area (Å²) < 4.78 is 12.0. The second kappa shape index (κ2) is 4.71. The highest BCUT2D eigenvalue weighted by atomic mass is 32.2. The molecule has 0 spiro atoms. The quantitative estimate of drug-likeness (QED) is 0.790. The largest absolute Gasteiger partial charge is 0.299 e. The number of rotatable bonds is 3. The van der Waals surface area contributed by atoms with Crippen LogP contribution in [0.15, 0.2) is 23.1 Å². The van der Waals surface area contributed by atoms with Crippen LogP contribution >= 0.6 is 0 Å². The summed E-state index contributed by atoms with van der Waals surface area (Å²) in [6.45, 7) is 7.10. The van der Waals surface area contributed by atoms with Crippen LogP contribution in [0.5, 0.6) is 0 Å². The van der Waals surface area contributed by atoms with Crippen LogP contribution in [0, 0.1) is 13.8 Å². The Morgan fingerprint density at radius 3 is 2.40 bits per heavy atom. The summed E-state index contributed by atoms with van der Waals surface area (Å²) in [6.07, 6.45) is 0. The van der Waals surface area contributed by atoms with Gasteiger partial charge in [0.2, 0.25) is 0 Å². The zero-order valence-electron chi connectivity index (χ0n) is 9.53. The molecule has 0 heterocycles. The predicted octanol–water partition coefficient (Wildman–Crippen LogP) is 2.39. The maximum Gasteiger partial charge on any atom is 0.145 e. The van der Waals surface area contributed by atoms with Crippen molar-refractivity contribution < 1.29 is 9.00 Å². The third-order valence-corrected chi connectivity index (χ3v) is 4.31. The maximum atomic E-state index is 12.0. The van der Waals surface area contributed by atoms with Crippen LogP contribution in [-0.4, -0.2) is 15.2 Å². The van der Waals surface area contributed by atoms with E-state index in [9.17, 15) is 9.00 Å². The fourth-order valence-electron chi connectivity index (χ4n) is 1.37. The van der Waals surface area contributed by atoms with Crippen molar-refractivity contribution in [3.63, 3.8) is 0 Å². The molecule has 0 saturated heterocycles. The molecule has 0 amide bonds. The first-order valence-electron chi connectivity index (χ1n) is 4.91. The van der Waals surface area contributed by atoms with Crippen LogP contribution < -0.4 is 0 Å². The van der Waals surface area contributed by atoms with Gasteiger partial charge in [-0.05, 0) is 39.3 Å². The van der Waals surface area contributed by atoms with Crippen molar-refractivity contribution in [1.82, 2.24) is 0 Å². The minimum absolute atomic E-state index is 0.0340. The third-order valence-electron chi connectivity index (χ3n) is 2.44. The smallest absolute Gasteiger partial charge is 0.145 e. The first kappa shape index (κ1) is 12.1. The Kier molecular flexibility index (Phi) is 3.80. The van der Waals surface area contributed by atoms with E-state index in [1.165, 1.54) is 6.92 Å². The van der Waals surface area contributed by atoms with E-state index in [-0.39, 0.29) is 5.78 Å². The van der Waals surface area contributed by atoms with Gasteiger partial charge in [-0.25, -0.2) is 0 Å². The lowest BCUT2D eigenvalue weighted by molar-refractivity contribution is -0.116. The number of benzene rings is 1. The van der Waals surface area contributed by atoms with Gasteiger partial charge in [-0.1, -0.05) is 17.7 Å². The van der Waals surface area contributed by atoms with Crippen molar-refractivity contribution in [3.05, 3.63) is 29.3 Å². The molecule has 1 aromatic carbocycles. The molecular formula is C12H16O2S. The van der Waals surface area contributed by atoms with E-state index in [4.69, 9.17) is 0 Å². The first-order valence-corrected chi connectivity index (χ1v) is 6.13. The minimum Gasteiger partial charge on any atom is -0.299 e. The lowest BCUT2D eigenvalue weighted by Crippen LogP contribution is -2.20. The minimum atomic E-state index is -1.23. The molecule has 2 atom stereocenters. The molecule has 0 aromatic heterocycles. The van der Waals surface area contributed by atoms with Crippen LogP contribution in [0.4, 0.5) is 0 Å². The van der Waals surface area contributed by atoms with Gasteiger partial charge in [0, 0.05) is 4.90 Å². The van der Waals surface area contributed by atoms with E-state index in [1.54, 1.807) is 6.92 Å². The molecule has 0 aliphatic carbocycles. The summed E-state index contributed by atoms with van der Waals surface area (Å²) in [4.78, 5) is 11.9. The number of Topliss-reactive ketones (excluding diaryl/α,β-unsaturated/α-hetero) is 1. The molecule has 82 valence electrons. The molecule has 3 heteroatoms. The number of hydrogen-bond acceptors (Lipinski definition) is 2. The van der Waals surface area contributed by atoms with Crippen molar-refractivity contribution in [1.29, 1.82) is 0 Å². The Labute approximate surface area is 93.2 Å². The molecule has 2 nitrogen and oxygen atoms in total. The fraction of sp³-hybridized carbons (Fsp3) is 0.417. The third kappa shape index (κ3) is 2.75. The summed E-state index contributed by atoms with van der Waals surface area (Å²) in [7, 11) is -1.23. The van der Waals surface area contributed by atoms with Gasteiger partial charge in [-0.3, -0.25) is 9.00 Å². The van der Waals surface area contributed by atoms with Gasteiger partial charge in [0.25, 0.3) is 0 Å². The second-order valence-corrected chi connectivity index (χ2v) is 5.56. The Hall–Kier alpha value is -0.960. The standard InChI is InChI=1S/C12H16O2S/c1-8-5-6-12(9(2)7-8)15(14)11(4)10(3)13/h5-7,11H,1-4H3. The number of ketones is 1. The van der Waals surface area contributed by atoms with Crippen LogP contribution in [-0.2, 0) is 15.6 Å². The molecule has 0 bridgehead atoms. The number of hydrogen-bond donors (Lipinski definition) is 0. The van der Waals surface area contributed by atoms with E-state index in [1.807, 2.05) is 32.0 Å². The SMILES string of the molecule is CC(=O)C(C)S(=O)c1ccc(C)cc1C. The number of aryl methyl sites for hydroxylation is 2. The zero-order valence-corrected chi connectivity index (χ0v) is 10.4. The van der Waals surface area contributed by atoms with Gasteiger partial charge in [-0.15, -0.1) is 0 Å². The lowest BCUT2D eigenvalue weighted by Gasteiger charge is -2.10. The molecular weight excluding hydrogens is 208 g/mol. The van der Waals surface area contributed by atoms with Crippen molar-refractivity contribution >= 4 is 16.6 Å². The molecule has 0 N–H and O–H groups in total. The monoisotopic (exact) mass is 224 g/mol. The molecule has 0 aliphatic rings. The van der Waals surface area contributed by atoms with Crippen molar-refractivity contribution in [2.24, 2.45) is 0 Å². The highest BCUT2D eigenvalue weighted by Crippen LogP contribution is 2.18. The molecule has 0 aliphatic heterocycles. The Morgan fingerprint density at radius 1 is 1.33 bits per heavy atom. The van der Waals surface area contributed by atoms with E-state index in [0.717, 1.165) is 16.0 Å². The Morgan fingerprint density at radius 2 is 1.93 bits per heavy atom. The number of carbonyl (C=O) groups excluding carboxylic acids is 1. The molecule has 0 saturated carbocycles. The average Bonchev–Trinajstić information content (AvgIpc) is 2.15. The average molecular weight is 224 g/mol. The predicted molar refractivity (Wildman–Crippen MR) is 62.5 cm³/mol. The first-order chi connectivity index (χ1) is 6.93. The van der Waals surface area contributed by atoms with Crippen LogP contribution in [0.25, 0.3) is 0 Å². The Balaban J connectivity index is 3.07. The van der Waals surface area contributed by atoms with Crippen LogP contribution in [0.3, 0.4) is 0 Å². The second-order valence-electron chi connectivity index (χ2n) is 3.82. The zero-order chi connectivity index (χ0) is 11.6. The summed E-state index contributed by atoms with van der Waals surface area (Å²) in [5, 5.41) is -0.425. The topological polar surface area (TPSA) is 34.1 Å². The van der Waals surface area contributed by atoms with Gasteiger partial charge in [0.1, 0.15) is 5.78 Å². The van der Waals surface area contributed by atoms with Crippen LogP contribution in [0.1, 0.15) is 25.0 Å². The molecule has 0 fully saturated rings. The normalized spacial score (nSPS) is 14.7. The van der Waals surface area contributed by atoms with Gasteiger partial charge in [0.05, 0.1) is 16.0 Å². The summed E-state index contributed by atoms with van der Waals surface area (Å²) in [6, 6.07) is 5.76. The van der Waals surface area contributed by atoms with Crippen LogP contribution in [0.2, 0.25) is 0 Å². The van der Waals surface area contributed by atoms with E-state index < -0.39 is 16.0 Å². The lowest BCUT2D eigenvalue weighted by atomic mass is 10.2. The fourth-order valence-corrected chi connectivity index (χ4v) is 2.63. The van der Waals surface area contributed by atoms with Crippen molar-refractivity contribution in [2.75, 3.05) is 0 Å². The van der Waals surface area contributed by atoms with Gasteiger partial charge < -0.3 is 0 Å². The number of carbonyl (C=O) groups is 1. The molecule has 15 heavy (non-hydrogen) atoms. The van der Waals surface area contributed by atoms with E-state index >= 15 is 0 Å². The summed E-state index contributed by atoms with van der Waals surface area (Å²) in [5.74, 6) is -0.0340. The van der Waals surface area contributed by atoms with Gasteiger partial charge in [-0.2, -0.15) is 0 Å². The summed E-state index contributed by atoms with van der Waals surface area (Å²) in [5.41, 5.74) is 2.13. The molecule has 2 unspecified atom stereocenters. The van der Waals surface area contributed by atoms with E-state index in [2.05, 4.69) is 0 Å². The van der Waals surface area contributed by atoms with Gasteiger partial charge in [0.15, 0.2) is 0 Å². The highest BCUT2D eigenvalue weighted by molar-refractivity contribution is 7.86. The highest BCUT2D eigenvalue weighted by Gasteiger charge is 2.18. The van der Waals surface area contributed by atoms with E-state index in [0.29, 0.717) is 0 Å². The molecule has 1 aromatic rings. The maximum absolute atomic E-state index is 12.0. The Bertz CT molecular complexity index is 410. The van der Waals surface area contributed by atoms with Gasteiger partial charge >= 0.3 is 0 Å². The van der Waals surface area contributed by atoms with Crippen molar-refractivity contribution in [2.45, 2.75) is 37.8 Å². The summed E-state index contributed by atoms with van der Waals surface area (Å²) >= 11 is 0.